The largest absolute Gasteiger partial charge is 0.494 e. The molecular formula is C43H34N6O20S5. The van der Waals surface area contributed by atoms with Crippen LogP contribution >= 0.6 is 0 Å². The fourth-order valence-electron chi connectivity index (χ4n) is 7.13. The van der Waals surface area contributed by atoms with Gasteiger partial charge in [0.1, 0.15) is 32.7 Å². The van der Waals surface area contributed by atoms with Crippen LogP contribution in [-0.2, 0) is 50.3 Å². The van der Waals surface area contributed by atoms with Crippen molar-refractivity contribution in [3.05, 3.63) is 134 Å². The number of sulfone groups is 1. The van der Waals surface area contributed by atoms with Gasteiger partial charge in [0.2, 0.25) is 11.6 Å². The number of nitrogens with one attached hydrogen (secondary N) is 4. The second-order valence-electron chi connectivity index (χ2n) is 15.4. The molecule has 0 aliphatic heterocycles. The number of anilines is 4. The van der Waals surface area contributed by atoms with Crippen molar-refractivity contribution in [3.63, 3.8) is 0 Å². The molecule has 0 atom stereocenters. The first-order chi connectivity index (χ1) is 34.4. The number of ketones is 2. The molecule has 0 spiro atoms. The minimum absolute atomic E-state index is 0.0360. The Morgan fingerprint density at radius 3 is 1.20 bits per heavy atom. The molecule has 0 unspecified atom stereocenters. The second-order valence-corrected chi connectivity index (χ2v) is 23.1. The molecule has 5 aromatic carbocycles. The predicted molar refractivity (Wildman–Crippen MR) is 264 cm³/mol. The number of hydrogen-bond donors (Lipinski definition) is 8. The number of hydrogen-bond acceptors (Lipinski definition) is 20. The number of nitrogens with zero attached hydrogens (tertiary/aromatic N) is 2. The number of Topliss-reactive ketones (excluding diaryl/α,β-unsaturated/α-hetero) is 2. The van der Waals surface area contributed by atoms with Gasteiger partial charge in [0.05, 0.1) is 51.4 Å². The van der Waals surface area contributed by atoms with E-state index >= 15 is 0 Å². The molecule has 0 aromatic heterocycles. The molecule has 2 aliphatic rings. The van der Waals surface area contributed by atoms with Crippen LogP contribution in [0.15, 0.2) is 126 Å². The standard InChI is InChI=1S/C43H34N6O20S5/c1-68-32-20-29(47-49-39-35(74(65,66)67)16-24-14-27(72(59,60)61)18-31(37(24)41(39)51)45-43(53)22-9-11-25(12-10-22)70(3,54)55)33(69-2)19-28(32)46-48-38-34(73(62,63)64)15-23-13-26(71(56,57)58)17-30(36(23)40(38)50)44-42(52)21-7-5-4-6-8-21/h4-20,46-47H,1-3H3,(H,44,52)(H,45,53)(H,56,57,58)(H,59,60,61)(H,62,63,64)(H,65,66,67). The average Bonchev–Trinajstić information content (AvgIpc) is 3.31. The highest BCUT2D eigenvalue weighted by atomic mass is 32.2. The minimum atomic E-state index is -5.43. The zero-order chi connectivity index (χ0) is 54.5. The molecule has 0 fully saturated rings. The van der Waals surface area contributed by atoms with Gasteiger partial charge in [-0.1, -0.05) is 18.2 Å². The van der Waals surface area contributed by atoms with Gasteiger partial charge in [-0.25, -0.2) is 8.42 Å². The van der Waals surface area contributed by atoms with Crippen LogP contribution in [-0.4, -0.2) is 116 Å². The lowest BCUT2D eigenvalue weighted by Gasteiger charge is -2.21. The van der Waals surface area contributed by atoms with Crippen LogP contribution in [0.2, 0.25) is 0 Å². The zero-order valence-electron chi connectivity index (χ0n) is 37.6. The number of carbonyl (C=O) groups is 4. The van der Waals surface area contributed by atoms with Gasteiger partial charge in [-0.3, -0.25) is 48.2 Å². The van der Waals surface area contributed by atoms with E-state index in [-0.39, 0.29) is 38.9 Å². The van der Waals surface area contributed by atoms with Crippen molar-refractivity contribution in [2.24, 2.45) is 10.2 Å². The zero-order valence-corrected chi connectivity index (χ0v) is 41.7. The lowest BCUT2D eigenvalue weighted by molar-refractivity contribution is 0.101. The van der Waals surface area contributed by atoms with E-state index in [0.717, 1.165) is 62.9 Å². The monoisotopic (exact) mass is 1110 g/mol. The molecule has 0 bridgehead atoms. The molecular weight excluding hydrogens is 1080 g/mol. The molecule has 2 amide bonds. The van der Waals surface area contributed by atoms with Crippen LogP contribution in [0, 0.1) is 0 Å². The maximum atomic E-state index is 14.3. The smallest absolute Gasteiger partial charge is 0.296 e. The van der Waals surface area contributed by atoms with Crippen molar-refractivity contribution >= 4 is 120 Å². The molecule has 5 aromatic rings. The van der Waals surface area contributed by atoms with Gasteiger partial charge in [0.15, 0.2) is 21.3 Å². The second kappa shape index (κ2) is 19.8. The topological polar surface area (TPSA) is 411 Å². The number of methoxy groups -OCH3 is 2. The Balaban J connectivity index is 1.27. The van der Waals surface area contributed by atoms with E-state index in [4.69, 9.17) is 9.47 Å². The summed E-state index contributed by atoms with van der Waals surface area (Å²) in [6.07, 6.45) is 2.17. The molecule has 74 heavy (non-hydrogen) atoms. The number of amides is 2. The Labute approximate surface area is 419 Å². The lowest BCUT2D eigenvalue weighted by Crippen LogP contribution is -2.29. The summed E-state index contributed by atoms with van der Waals surface area (Å²) in [7, 11) is -22.5. The third kappa shape index (κ3) is 11.3. The van der Waals surface area contributed by atoms with Gasteiger partial charge >= 0.3 is 0 Å². The summed E-state index contributed by atoms with van der Waals surface area (Å²) in [5.41, 5.74) is -1.38. The van der Waals surface area contributed by atoms with Crippen LogP contribution in [0.3, 0.4) is 0 Å². The Morgan fingerprint density at radius 1 is 0.486 bits per heavy atom. The van der Waals surface area contributed by atoms with Gasteiger partial charge in [0, 0.05) is 29.5 Å². The van der Waals surface area contributed by atoms with Crippen molar-refractivity contribution in [2.75, 3.05) is 42.0 Å². The van der Waals surface area contributed by atoms with Gasteiger partial charge in [-0.15, -0.1) is 0 Å². The number of hydrazone groups is 2. The molecule has 0 saturated heterocycles. The SMILES string of the molecule is COc1cc(NN=C2C(=O)c3c(cc(S(=O)(=O)O)cc3NC(=O)c3ccc(S(C)(=O)=O)cc3)C=C2S(=O)(=O)O)c(OC)cc1NN=C1C(=O)c2c(cc(S(=O)(=O)O)cc2NC(=O)c2ccccc2)C=C1S(=O)(=O)O. The number of rotatable bonds is 15. The quantitative estimate of drug-likeness (QED) is 0.0544. The van der Waals surface area contributed by atoms with Crippen molar-refractivity contribution < 1.29 is 89.0 Å². The van der Waals surface area contributed by atoms with Crippen LogP contribution in [0.1, 0.15) is 52.6 Å². The van der Waals surface area contributed by atoms with E-state index in [1.807, 2.05) is 0 Å². The maximum Gasteiger partial charge on any atom is 0.296 e. The first-order valence-corrected chi connectivity index (χ1v) is 27.8. The summed E-state index contributed by atoms with van der Waals surface area (Å²) < 4.78 is 175. The average molecular weight is 1120 g/mol. The number of allylic oxidation sites excluding steroid dienone is 2. The number of fused-ring (bicyclic) bond motifs is 2. The molecule has 0 heterocycles. The molecule has 0 saturated carbocycles. The van der Waals surface area contributed by atoms with E-state index in [1.54, 1.807) is 6.07 Å². The molecule has 2 aliphatic carbocycles. The van der Waals surface area contributed by atoms with Crippen LogP contribution in [0.25, 0.3) is 12.2 Å². The predicted octanol–water partition coefficient (Wildman–Crippen LogP) is 3.89. The Morgan fingerprint density at radius 2 is 0.865 bits per heavy atom. The third-order valence-electron chi connectivity index (χ3n) is 10.5. The first kappa shape index (κ1) is 53.8. The number of carbonyl (C=O) groups excluding carboxylic acids is 4. The summed E-state index contributed by atoms with van der Waals surface area (Å²) in [6.45, 7) is 0. The van der Waals surface area contributed by atoms with Crippen molar-refractivity contribution in [2.45, 2.75) is 14.7 Å². The normalized spacial score (nSPS) is 15.1. The van der Waals surface area contributed by atoms with Gasteiger partial charge in [-0.05, 0) is 83.9 Å². The van der Waals surface area contributed by atoms with E-state index < -0.39 is 138 Å². The highest BCUT2D eigenvalue weighted by molar-refractivity contribution is 7.91. The van der Waals surface area contributed by atoms with E-state index in [2.05, 4.69) is 31.7 Å². The Hall–Kier alpha value is -8.01. The first-order valence-electron chi connectivity index (χ1n) is 20.1. The summed E-state index contributed by atoms with van der Waals surface area (Å²) in [5.74, 6) is -5.11. The summed E-state index contributed by atoms with van der Waals surface area (Å²) in [5, 5.41) is 12.4. The van der Waals surface area contributed by atoms with Crippen molar-refractivity contribution in [1.82, 2.24) is 0 Å². The summed E-state index contributed by atoms with van der Waals surface area (Å²) in [4.78, 5) is 50.7. The van der Waals surface area contributed by atoms with Crippen LogP contribution in [0.4, 0.5) is 22.7 Å². The molecule has 8 N–H and O–H groups in total. The number of ether oxygens (including phenoxy) is 2. The molecule has 31 heteroatoms. The maximum absolute atomic E-state index is 14.3. The molecule has 26 nitrogen and oxygen atoms in total. The molecule has 386 valence electrons. The lowest BCUT2D eigenvalue weighted by atomic mass is 9.92. The van der Waals surface area contributed by atoms with E-state index in [1.165, 1.54) is 24.3 Å². The minimum Gasteiger partial charge on any atom is -0.494 e. The Bertz CT molecular complexity index is 4010. The summed E-state index contributed by atoms with van der Waals surface area (Å²) in [6, 6.07) is 16.6. The van der Waals surface area contributed by atoms with Crippen LogP contribution in [0.5, 0.6) is 11.5 Å². The number of benzene rings is 5. The van der Waals surface area contributed by atoms with E-state index in [9.17, 15) is 79.5 Å². The highest BCUT2D eigenvalue weighted by Crippen LogP contribution is 2.39. The van der Waals surface area contributed by atoms with Crippen molar-refractivity contribution in [3.8, 4) is 11.5 Å². The highest BCUT2D eigenvalue weighted by Gasteiger charge is 2.38. The Kier molecular flexibility index (Phi) is 14.4. The third-order valence-corrected chi connectivity index (χ3v) is 15.1. The van der Waals surface area contributed by atoms with Gasteiger partial charge in [-0.2, -0.15) is 43.9 Å². The van der Waals surface area contributed by atoms with Crippen LogP contribution < -0.4 is 31.0 Å². The summed E-state index contributed by atoms with van der Waals surface area (Å²) >= 11 is 0. The van der Waals surface area contributed by atoms with E-state index in [0.29, 0.717) is 30.4 Å². The van der Waals surface area contributed by atoms with Crippen molar-refractivity contribution in [1.29, 1.82) is 0 Å². The fraction of sp³-hybridized carbons (Fsp3) is 0.0698. The fourth-order valence-corrected chi connectivity index (χ4v) is 10.2. The molecule has 7 rings (SSSR count). The van der Waals surface area contributed by atoms with Gasteiger partial charge < -0.3 is 20.1 Å². The van der Waals surface area contributed by atoms with Gasteiger partial charge in [0.25, 0.3) is 52.3 Å². The molecule has 0 radical (unpaired) electrons.